The van der Waals surface area contributed by atoms with Crippen LogP contribution in [0.3, 0.4) is 0 Å². The Labute approximate surface area is 112 Å². The van der Waals surface area contributed by atoms with Crippen molar-refractivity contribution in [2.24, 2.45) is 11.7 Å². The van der Waals surface area contributed by atoms with E-state index in [-0.39, 0.29) is 11.7 Å². The second-order valence-corrected chi connectivity index (χ2v) is 4.80. The molecule has 1 aliphatic heterocycles. The van der Waals surface area contributed by atoms with Crippen LogP contribution in [0.2, 0.25) is 0 Å². The van der Waals surface area contributed by atoms with Gasteiger partial charge in [-0.3, -0.25) is 4.79 Å². The zero-order valence-electron chi connectivity index (χ0n) is 10.8. The summed E-state index contributed by atoms with van der Waals surface area (Å²) in [5.74, 6) is 0.847. The van der Waals surface area contributed by atoms with E-state index in [1.165, 1.54) is 12.1 Å². The Hall–Kier alpha value is -1.62. The van der Waals surface area contributed by atoms with Crippen molar-refractivity contribution in [2.75, 3.05) is 26.2 Å². The minimum atomic E-state index is -0.275. The highest BCUT2D eigenvalue weighted by Crippen LogP contribution is 2.17. The summed E-state index contributed by atoms with van der Waals surface area (Å²) in [6, 6.07) is 5.93. The zero-order valence-corrected chi connectivity index (χ0v) is 10.8. The van der Waals surface area contributed by atoms with Crippen LogP contribution in [-0.2, 0) is 4.79 Å². The van der Waals surface area contributed by atoms with Crippen LogP contribution in [0.5, 0.6) is 5.75 Å². The number of hydrogen-bond donors (Lipinski definition) is 1. The van der Waals surface area contributed by atoms with Crippen molar-refractivity contribution in [3.63, 3.8) is 0 Å². The molecule has 0 radical (unpaired) electrons. The Kier molecular flexibility index (Phi) is 4.74. The minimum absolute atomic E-state index is 0.178. The summed E-state index contributed by atoms with van der Waals surface area (Å²) in [6.07, 6.45) is 1.33. The number of halogens is 1. The highest BCUT2D eigenvalue weighted by Gasteiger charge is 2.27. The van der Waals surface area contributed by atoms with Crippen molar-refractivity contribution < 1.29 is 13.9 Å². The Morgan fingerprint density at radius 3 is 2.74 bits per heavy atom. The number of nitrogens with zero attached hydrogens (tertiary/aromatic N) is 1. The summed E-state index contributed by atoms with van der Waals surface area (Å²) >= 11 is 0. The molecule has 0 saturated carbocycles. The monoisotopic (exact) mass is 266 g/mol. The molecule has 2 N–H and O–H groups in total. The number of rotatable bonds is 6. The number of carbonyl (C=O) groups excluding carboxylic acids is 1. The molecule has 1 aromatic carbocycles. The lowest BCUT2D eigenvalue weighted by molar-refractivity contribution is -0.127. The van der Waals surface area contributed by atoms with Crippen LogP contribution in [0.15, 0.2) is 24.3 Å². The smallest absolute Gasteiger partial charge is 0.222 e. The number of benzene rings is 1. The van der Waals surface area contributed by atoms with Crippen LogP contribution < -0.4 is 10.5 Å². The molecule has 4 nitrogen and oxygen atoms in total. The molecule has 104 valence electrons. The van der Waals surface area contributed by atoms with Crippen molar-refractivity contribution >= 4 is 5.91 Å². The van der Waals surface area contributed by atoms with E-state index in [1.807, 2.05) is 4.90 Å². The summed E-state index contributed by atoms with van der Waals surface area (Å²) in [5.41, 5.74) is 5.57. The summed E-state index contributed by atoms with van der Waals surface area (Å²) < 4.78 is 18.2. The van der Waals surface area contributed by atoms with E-state index in [2.05, 4.69) is 0 Å². The lowest BCUT2D eigenvalue weighted by Crippen LogP contribution is -2.28. The second-order valence-electron chi connectivity index (χ2n) is 4.80. The molecular weight excluding hydrogens is 247 g/mol. The van der Waals surface area contributed by atoms with Gasteiger partial charge >= 0.3 is 0 Å². The molecule has 1 aromatic rings. The Balaban J connectivity index is 1.67. The van der Waals surface area contributed by atoms with Gasteiger partial charge in [-0.15, -0.1) is 0 Å². The topological polar surface area (TPSA) is 55.6 Å². The maximum atomic E-state index is 12.7. The second kappa shape index (κ2) is 6.52. The molecule has 0 aliphatic carbocycles. The SMILES string of the molecule is NCC1CC(=O)N(CCCOc2ccc(F)cc2)C1. The fourth-order valence-electron chi connectivity index (χ4n) is 2.20. The van der Waals surface area contributed by atoms with E-state index < -0.39 is 0 Å². The molecule has 0 aromatic heterocycles. The largest absolute Gasteiger partial charge is 0.494 e. The molecule has 0 spiro atoms. The van der Waals surface area contributed by atoms with Crippen LogP contribution in [0, 0.1) is 11.7 Å². The molecule has 1 heterocycles. The maximum absolute atomic E-state index is 12.7. The first kappa shape index (κ1) is 13.8. The first-order chi connectivity index (χ1) is 9.19. The lowest BCUT2D eigenvalue weighted by Gasteiger charge is -2.16. The highest BCUT2D eigenvalue weighted by molar-refractivity contribution is 5.78. The van der Waals surface area contributed by atoms with Crippen molar-refractivity contribution in [3.05, 3.63) is 30.1 Å². The molecule has 5 heteroatoms. The van der Waals surface area contributed by atoms with E-state index in [0.717, 1.165) is 13.0 Å². The predicted octanol–water partition coefficient (Wildman–Crippen LogP) is 1.40. The molecule has 1 aliphatic rings. The molecule has 1 unspecified atom stereocenters. The molecule has 1 atom stereocenters. The minimum Gasteiger partial charge on any atom is -0.494 e. The Bertz CT molecular complexity index is 422. The zero-order chi connectivity index (χ0) is 13.7. The van der Waals surface area contributed by atoms with Crippen LogP contribution in [0.1, 0.15) is 12.8 Å². The average Bonchev–Trinajstić information content (AvgIpc) is 2.77. The number of likely N-dealkylation sites (tertiary alicyclic amines) is 1. The molecule has 1 amide bonds. The highest BCUT2D eigenvalue weighted by atomic mass is 19.1. The van der Waals surface area contributed by atoms with Crippen LogP contribution in [0.25, 0.3) is 0 Å². The fraction of sp³-hybridized carbons (Fsp3) is 0.500. The number of amides is 1. The van der Waals surface area contributed by atoms with Gasteiger partial charge in [0.2, 0.25) is 5.91 Å². The third kappa shape index (κ3) is 3.92. The molecule has 1 saturated heterocycles. The van der Waals surface area contributed by atoms with E-state index in [0.29, 0.717) is 37.8 Å². The van der Waals surface area contributed by atoms with Gasteiger partial charge in [0.25, 0.3) is 0 Å². The standard InChI is InChI=1S/C14H19FN2O2/c15-12-2-4-13(5-3-12)19-7-1-6-17-10-11(9-16)8-14(17)18/h2-5,11H,1,6-10,16H2. The van der Waals surface area contributed by atoms with Gasteiger partial charge < -0.3 is 15.4 Å². The predicted molar refractivity (Wildman–Crippen MR) is 70.3 cm³/mol. The van der Waals surface area contributed by atoms with Crippen molar-refractivity contribution in [2.45, 2.75) is 12.8 Å². The van der Waals surface area contributed by atoms with Crippen LogP contribution >= 0.6 is 0 Å². The molecule has 0 bridgehead atoms. The maximum Gasteiger partial charge on any atom is 0.222 e. The van der Waals surface area contributed by atoms with Gasteiger partial charge in [0.05, 0.1) is 6.61 Å². The number of nitrogens with two attached hydrogens (primary N) is 1. The van der Waals surface area contributed by atoms with Gasteiger partial charge in [0.1, 0.15) is 11.6 Å². The van der Waals surface area contributed by atoms with E-state index in [9.17, 15) is 9.18 Å². The Morgan fingerprint density at radius 1 is 1.37 bits per heavy atom. The summed E-state index contributed by atoms with van der Waals surface area (Å²) in [5, 5.41) is 0. The van der Waals surface area contributed by atoms with E-state index >= 15 is 0 Å². The normalized spacial score (nSPS) is 18.9. The van der Waals surface area contributed by atoms with Gasteiger partial charge in [-0.2, -0.15) is 0 Å². The summed E-state index contributed by atoms with van der Waals surface area (Å²) in [6.45, 7) is 2.53. The van der Waals surface area contributed by atoms with Crippen molar-refractivity contribution in [1.29, 1.82) is 0 Å². The van der Waals surface area contributed by atoms with Crippen molar-refractivity contribution in [3.8, 4) is 5.75 Å². The molecular formula is C14H19FN2O2. The van der Waals surface area contributed by atoms with Crippen LogP contribution in [-0.4, -0.2) is 37.0 Å². The first-order valence-electron chi connectivity index (χ1n) is 6.55. The number of ether oxygens (including phenoxy) is 1. The van der Waals surface area contributed by atoms with Gasteiger partial charge in [-0.1, -0.05) is 0 Å². The van der Waals surface area contributed by atoms with E-state index in [1.54, 1.807) is 12.1 Å². The molecule has 1 fully saturated rings. The molecule has 2 rings (SSSR count). The van der Waals surface area contributed by atoms with Gasteiger partial charge in [-0.25, -0.2) is 4.39 Å². The third-order valence-electron chi connectivity index (χ3n) is 3.28. The molecule has 19 heavy (non-hydrogen) atoms. The summed E-state index contributed by atoms with van der Waals surface area (Å²) in [4.78, 5) is 13.5. The Morgan fingerprint density at radius 2 is 2.11 bits per heavy atom. The number of carbonyl (C=O) groups is 1. The fourth-order valence-corrected chi connectivity index (χ4v) is 2.20. The summed E-state index contributed by atoms with van der Waals surface area (Å²) in [7, 11) is 0. The van der Waals surface area contributed by atoms with E-state index in [4.69, 9.17) is 10.5 Å². The quantitative estimate of drug-likeness (QED) is 0.792. The van der Waals surface area contributed by atoms with Crippen molar-refractivity contribution in [1.82, 2.24) is 4.90 Å². The lowest BCUT2D eigenvalue weighted by atomic mass is 10.1. The van der Waals surface area contributed by atoms with Crippen LogP contribution in [0.4, 0.5) is 4.39 Å². The van der Waals surface area contributed by atoms with Gasteiger partial charge in [0, 0.05) is 19.5 Å². The van der Waals surface area contributed by atoms with Gasteiger partial charge in [0.15, 0.2) is 0 Å². The number of hydrogen-bond acceptors (Lipinski definition) is 3. The first-order valence-corrected chi connectivity index (χ1v) is 6.55. The average molecular weight is 266 g/mol. The third-order valence-corrected chi connectivity index (χ3v) is 3.28. The van der Waals surface area contributed by atoms with Gasteiger partial charge in [-0.05, 0) is 43.1 Å².